The van der Waals surface area contributed by atoms with Gasteiger partial charge in [0.1, 0.15) is 12.0 Å². The van der Waals surface area contributed by atoms with Crippen LogP contribution in [0.2, 0.25) is 0 Å². The summed E-state index contributed by atoms with van der Waals surface area (Å²) in [5.74, 6) is 0.925. The van der Waals surface area contributed by atoms with Gasteiger partial charge in [-0.05, 0) is 42.2 Å². The molecule has 120 valence electrons. The third-order valence-corrected chi connectivity index (χ3v) is 4.00. The zero-order valence-corrected chi connectivity index (χ0v) is 13.3. The maximum absolute atomic E-state index is 11.4. The van der Waals surface area contributed by atoms with Gasteiger partial charge in [-0.25, -0.2) is 0 Å². The topological polar surface area (TPSA) is 50.4 Å². The largest absolute Gasteiger partial charge is 0.475 e. The lowest BCUT2D eigenvalue weighted by Gasteiger charge is -2.22. The molecule has 0 spiro atoms. The van der Waals surface area contributed by atoms with Gasteiger partial charge in [-0.3, -0.25) is 10.1 Å². The molecule has 0 fully saturated rings. The highest BCUT2D eigenvalue weighted by Gasteiger charge is 2.16. The molecule has 0 saturated heterocycles. The van der Waals surface area contributed by atoms with Gasteiger partial charge >= 0.3 is 0 Å². The minimum absolute atomic E-state index is 0.0357. The lowest BCUT2D eigenvalue weighted by molar-refractivity contribution is -0.116. The quantitative estimate of drug-likeness (QED) is 0.803. The van der Waals surface area contributed by atoms with E-state index < -0.39 is 0 Å². The van der Waals surface area contributed by atoms with Gasteiger partial charge in [0.15, 0.2) is 0 Å². The molecule has 2 aromatic carbocycles. The number of aryl methyl sites for hydroxylation is 1. The van der Waals surface area contributed by atoms with Gasteiger partial charge in [0.2, 0.25) is 5.91 Å². The van der Waals surface area contributed by atoms with E-state index in [1.807, 2.05) is 36.4 Å². The average molecular weight is 310 g/mol. The normalized spacial score (nSPS) is 14.7. The van der Waals surface area contributed by atoms with E-state index in [0.29, 0.717) is 6.42 Å². The number of amides is 1. The molecule has 1 aliphatic heterocycles. The molecule has 23 heavy (non-hydrogen) atoms. The monoisotopic (exact) mass is 310 g/mol. The molecular formula is C19H22N2O2. The fourth-order valence-electron chi connectivity index (χ4n) is 2.69. The predicted molar refractivity (Wildman–Crippen MR) is 91.4 cm³/mol. The number of carbonyl (C=O) groups excluding carboxylic acids is 1. The number of benzene rings is 2. The lowest BCUT2D eigenvalue weighted by atomic mass is 10.0. The van der Waals surface area contributed by atoms with Gasteiger partial charge in [0, 0.05) is 18.7 Å². The van der Waals surface area contributed by atoms with Crippen LogP contribution in [0.3, 0.4) is 0 Å². The van der Waals surface area contributed by atoms with E-state index in [0.717, 1.165) is 36.4 Å². The van der Waals surface area contributed by atoms with E-state index in [9.17, 15) is 4.79 Å². The van der Waals surface area contributed by atoms with Crippen molar-refractivity contribution in [3.63, 3.8) is 0 Å². The van der Waals surface area contributed by atoms with Crippen molar-refractivity contribution in [3.05, 3.63) is 59.7 Å². The molecule has 1 atom stereocenters. The number of rotatable bonds is 6. The molecule has 0 radical (unpaired) electrons. The Bertz CT molecular complexity index is 670. The van der Waals surface area contributed by atoms with Crippen LogP contribution < -0.4 is 15.4 Å². The molecule has 1 aliphatic rings. The van der Waals surface area contributed by atoms with Gasteiger partial charge < -0.3 is 10.1 Å². The zero-order valence-electron chi connectivity index (χ0n) is 13.3. The molecule has 0 aromatic heterocycles. The third kappa shape index (κ3) is 4.11. The Labute approximate surface area is 136 Å². The van der Waals surface area contributed by atoms with E-state index in [1.54, 1.807) is 0 Å². The first-order chi connectivity index (χ1) is 11.2. The summed E-state index contributed by atoms with van der Waals surface area (Å²) in [5.41, 5.74) is 3.28. The molecule has 1 unspecified atom stereocenters. The van der Waals surface area contributed by atoms with Crippen molar-refractivity contribution in [2.45, 2.75) is 39.0 Å². The Hall–Kier alpha value is -2.33. The molecule has 2 aromatic rings. The van der Waals surface area contributed by atoms with Gasteiger partial charge in [-0.1, -0.05) is 37.3 Å². The van der Waals surface area contributed by atoms with Crippen molar-refractivity contribution < 1.29 is 9.53 Å². The number of fused-ring (bicyclic) bond motifs is 1. The Balaban J connectivity index is 1.61. The van der Waals surface area contributed by atoms with Crippen molar-refractivity contribution in [1.82, 2.24) is 5.32 Å². The summed E-state index contributed by atoms with van der Waals surface area (Å²) in [6.45, 7) is 2.88. The van der Waals surface area contributed by atoms with E-state index in [2.05, 4.69) is 29.7 Å². The molecule has 4 heteroatoms. The third-order valence-electron chi connectivity index (χ3n) is 4.00. The maximum atomic E-state index is 11.4. The standard InChI is InChI=1S/C19H22N2O2/c1-2-19(20-13-14-6-4-3-5-7-14)23-16-9-10-17-15(12-16)8-11-18(22)21-17/h3-7,9-10,12,19-20H,2,8,11,13H2,1H3,(H,21,22). The fourth-order valence-corrected chi connectivity index (χ4v) is 2.69. The van der Waals surface area contributed by atoms with Crippen LogP contribution in [0.1, 0.15) is 30.9 Å². The number of anilines is 1. The highest BCUT2D eigenvalue weighted by Crippen LogP contribution is 2.27. The Morgan fingerprint density at radius 2 is 2.00 bits per heavy atom. The minimum atomic E-state index is -0.0357. The summed E-state index contributed by atoms with van der Waals surface area (Å²) in [5, 5.41) is 6.32. The van der Waals surface area contributed by atoms with Crippen LogP contribution in [0.25, 0.3) is 0 Å². The zero-order chi connectivity index (χ0) is 16.1. The van der Waals surface area contributed by atoms with Crippen molar-refractivity contribution in [1.29, 1.82) is 0 Å². The van der Waals surface area contributed by atoms with Gasteiger partial charge in [0.25, 0.3) is 0 Å². The van der Waals surface area contributed by atoms with Crippen molar-refractivity contribution in [2.75, 3.05) is 5.32 Å². The molecule has 0 bridgehead atoms. The first-order valence-electron chi connectivity index (χ1n) is 8.11. The van der Waals surface area contributed by atoms with Crippen molar-refractivity contribution in [3.8, 4) is 5.75 Å². The van der Waals surface area contributed by atoms with E-state index in [1.165, 1.54) is 5.56 Å². The Morgan fingerprint density at radius 3 is 2.78 bits per heavy atom. The van der Waals surface area contributed by atoms with E-state index in [-0.39, 0.29) is 12.1 Å². The van der Waals surface area contributed by atoms with Gasteiger partial charge in [0.05, 0.1) is 0 Å². The van der Waals surface area contributed by atoms with Crippen molar-refractivity contribution >= 4 is 11.6 Å². The van der Waals surface area contributed by atoms with Crippen LogP contribution >= 0.6 is 0 Å². The second-order valence-electron chi connectivity index (χ2n) is 5.75. The molecule has 2 N–H and O–H groups in total. The summed E-state index contributed by atoms with van der Waals surface area (Å²) in [6.07, 6.45) is 2.15. The second kappa shape index (κ2) is 7.29. The molecule has 0 saturated carbocycles. The van der Waals surface area contributed by atoms with Crippen LogP contribution in [-0.4, -0.2) is 12.1 Å². The minimum Gasteiger partial charge on any atom is -0.475 e. The number of carbonyl (C=O) groups is 1. The van der Waals surface area contributed by atoms with Gasteiger partial charge in [-0.15, -0.1) is 0 Å². The SMILES string of the molecule is CCC(NCc1ccccc1)Oc1ccc2c(c1)CCC(=O)N2. The summed E-state index contributed by atoms with van der Waals surface area (Å²) in [6, 6.07) is 16.2. The second-order valence-corrected chi connectivity index (χ2v) is 5.75. The first kappa shape index (κ1) is 15.6. The number of hydrogen-bond acceptors (Lipinski definition) is 3. The molecule has 0 aliphatic carbocycles. The summed E-state index contributed by atoms with van der Waals surface area (Å²) in [4.78, 5) is 11.4. The predicted octanol–water partition coefficient (Wildman–Crippen LogP) is 3.48. The smallest absolute Gasteiger partial charge is 0.224 e. The molecule has 4 nitrogen and oxygen atoms in total. The van der Waals surface area contributed by atoms with Crippen molar-refractivity contribution in [2.24, 2.45) is 0 Å². The van der Waals surface area contributed by atoms with Crippen LogP contribution in [0.15, 0.2) is 48.5 Å². The highest BCUT2D eigenvalue weighted by molar-refractivity contribution is 5.93. The number of ether oxygens (including phenoxy) is 1. The Morgan fingerprint density at radius 1 is 1.17 bits per heavy atom. The van der Waals surface area contributed by atoms with Crippen LogP contribution in [0.5, 0.6) is 5.75 Å². The number of hydrogen-bond donors (Lipinski definition) is 2. The molecular weight excluding hydrogens is 288 g/mol. The molecule has 1 heterocycles. The van der Waals surface area contributed by atoms with E-state index in [4.69, 9.17) is 4.74 Å². The summed E-state index contributed by atoms with van der Waals surface area (Å²) >= 11 is 0. The Kier molecular flexibility index (Phi) is 4.93. The number of nitrogens with one attached hydrogen (secondary N) is 2. The first-order valence-corrected chi connectivity index (χ1v) is 8.11. The van der Waals surface area contributed by atoms with E-state index >= 15 is 0 Å². The lowest BCUT2D eigenvalue weighted by Crippen LogP contribution is -2.33. The summed E-state index contributed by atoms with van der Waals surface area (Å²) < 4.78 is 6.05. The molecule has 1 amide bonds. The molecule has 3 rings (SSSR count). The maximum Gasteiger partial charge on any atom is 0.224 e. The van der Waals surface area contributed by atoms with Crippen LogP contribution in [-0.2, 0) is 17.8 Å². The van der Waals surface area contributed by atoms with Crippen LogP contribution in [0.4, 0.5) is 5.69 Å². The fraction of sp³-hybridized carbons (Fsp3) is 0.316. The van der Waals surface area contributed by atoms with Gasteiger partial charge in [-0.2, -0.15) is 0 Å². The highest BCUT2D eigenvalue weighted by atomic mass is 16.5. The average Bonchev–Trinajstić information content (AvgIpc) is 2.59. The summed E-state index contributed by atoms with van der Waals surface area (Å²) in [7, 11) is 0. The van der Waals surface area contributed by atoms with Crippen LogP contribution in [0, 0.1) is 0 Å².